The van der Waals surface area contributed by atoms with E-state index in [1.807, 2.05) is 30.3 Å². The van der Waals surface area contributed by atoms with Crippen LogP contribution in [0.3, 0.4) is 0 Å². The van der Waals surface area contributed by atoms with Crippen LogP contribution in [0.2, 0.25) is 0 Å². The van der Waals surface area contributed by atoms with E-state index in [9.17, 15) is 9.59 Å². The zero-order chi connectivity index (χ0) is 14.0. The van der Waals surface area contributed by atoms with Crippen molar-refractivity contribution in [1.82, 2.24) is 0 Å². The summed E-state index contributed by atoms with van der Waals surface area (Å²) in [4.78, 5) is 23.2. The molecule has 0 aromatic heterocycles. The van der Waals surface area contributed by atoms with E-state index in [4.69, 9.17) is 4.74 Å². The van der Waals surface area contributed by atoms with E-state index >= 15 is 0 Å². The summed E-state index contributed by atoms with van der Waals surface area (Å²) in [5.74, 6) is 0.735. The van der Waals surface area contributed by atoms with Crippen LogP contribution in [0, 0.1) is 0 Å². The van der Waals surface area contributed by atoms with Gasteiger partial charge >= 0.3 is 0 Å². The van der Waals surface area contributed by atoms with Crippen LogP contribution in [-0.4, -0.2) is 12.1 Å². The Balaban J connectivity index is 2.64. The van der Waals surface area contributed by atoms with Gasteiger partial charge in [-0.15, -0.1) is 0 Å². The molecule has 1 aliphatic rings. The first-order valence-electron chi connectivity index (χ1n) is 6.16. The minimum absolute atomic E-state index is 0.0711. The van der Waals surface area contributed by atoms with Crippen LogP contribution in [0.5, 0.6) is 0 Å². The summed E-state index contributed by atoms with van der Waals surface area (Å²) < 4.78 is 5.52. The molecule has 0 radical (unpaired) electrons. The number of aldehydes is 1. The maximum Gasteiger partial charge on any atom is 0.160 e. The molecule has 1 aromatic carbocycles. The first-order chi connectivity index (χ1) is 9.06. The zero-order valence-corrected chi connectivity index (χ0v) is 11.3. The van der Waals surface area contributed by atoms with Crippen LogP contribution >= 0.6 is 0 Å². The van der Waals surface area contributed by atoms with E-state index in [1.165, 1.54) is 6.92 Å². The Bertz CT molecular complexity index is 579. The number of allylic oxidation sites excluding steroid dienone is 4. The zero-order valence-electron chi connectivity index (χ0n) is 11.3. The molecule has 0 fully saturated rings. The van der Waals surface area contributed by atoms with Crippen molar-refractivity contribution in [1.29, 1.82) is 0 Å². The molecule has 1 heterocycles. The fraction of sp³-hybridized carbons (Fsp3) is 0.250. The summed E-state index contributed by atoms with van der Waals surface area (Å²) in [5.41, 5.74) is 2.00. The van der Waals surface area contributed by atoms with Gasteiger partial charge in [0.05, 0.1) is 0 Å². The molecular formula is C16H16O3. The van der Waals surface area contributed by atoms with Gasteiger partial charge in [0.15, 0.2) is 5.78 Å². The molecule has 98 valence electrons. The number of benzene rings is 1. The summed E-state index contributed by atoms with van der Waals surface area (Å²) in [5, 5.41) is 0. The summed E-state index contributed by atoms with van der Waals surface area (Å²) >= 11 is 0. The Morgan fingerprint density at radius 3 is 2.32 bits per heavy atom. The summed E-state index contributed by atoms with van der Waals surface area (Å²) in [6.45, 7) is 5.01. The van der Waals surface area contributed by atoms with Crippen LogP contribution < -0.4 is 0 Å². The lowest BCUT2D eigenvalue weighted by atomic mass is 9.81. The van der Waals surface area contributed by atoms with Crippen LogP contribution in [-0.2, 0) is 14.3 Å². The van der Waals surface area contributed by atoms with Crippen molar-refractivity contribution in [2.45, 2.75) is 26.7 Å². The second kappa shape index (κ2) is 5.22. The maximum atomic E-state index is 11.9. The molecule has 3 heteroatoms. The summed E-state index contributed by atoms with van der Waals surface area (Å²) in [6.07, 6.45) is 0.780. The quantitative estimate of drug-likeness (QED) is 0.780. The number of ketones is 1. The van der Waals surface area contributed by atoms with Gasteiger partial charge in [-0.25, -0.2) is 0 Å². The van der Waals surface area contributed by atoms with Gasteiger partial charge in [0.1, 0.15) is 17.8 Å². The number of carbonyl (C=O) groups excluding carboxylic acids is 2. The Kier molecular flexibility index (Phi) is 3.65. The SMILES string of the molecule is CC(=O)C1=C(C)OC(C)=C(C=O)C1c1ccccc1. The van der Waals surface area contributed by atoms with Crippen molar-refractivity contribution in [3.05, 3.63) is 58.6 Å². The molecule has 1 unspecified atom stereocenters. The maximum absolute atomic E-state index is 11.9. The van der Waals surface area contributed by atoms with E-state index in [-0.39, 0.29) is 11.7 Å². The summed E-state index contributed by atoms with van der Waals surface area (Å²) in [6, 6.07) is 9.54. The number of hydrogen-bond acceptors (Lipinski definition) is 3. The minimum atomic E-state index is -0.329. The van der Waals surface area contributed by atoms with Crippen molar-refractivity contribution < 1.29 is 14.3 Å². The lowest BCUT2D eigenvalue weighted by molar-refractivity contribution is -0.114. The third-order valence-electron chi connectivity index (χ3n) is 3.33. The Morgan fingerprint density at radius 1 is 1.16 bits per heavy atom. The number of ether oxygens (including phenoxy) is 1. The lowest BCUT2D eigenvalue weighted by Crippen LogP contribution is -2.20. The molecule has 0 bridgehead atoms. The minimum Gasteiger partial charge on any atom is -0.466 e. The molecule has 19 heavy (non-hydrogen) atoms. The van der Waals surface area contributed by atoms with Crippen molar-refractivity contribution in [3.63, 3.8) is 0 Å². The second-order valence-electron chi connectivity index (χ2n) is 4.60. The van der Waals surface area contributed by atoms with Gasteiger partial charge in [-0.05, 0) is 26.3 Å². The smallest absolute Gasteiger partial charge is 0.160 e. The van der Waals surface area contributed by atoms with Crippen molar-refractivity contribution in [2.24, 2.45) is 0 Å². The van der Waals surface area contributed by atoms with Gasteiger partial charge in [0.25, 0.3) is 0 Å². The third-order valence-corrected chi connectivity index (χ3v) is 3.33. The van der Waals surface area contributed by atoms with E-state index in [1.54, 1.807) is 13.8 Å². The molecule has 0 N–H and O–H groups in total. The first-order valence-corrected chi connectivity index (χ1v) is 6.16. The molecule has 0 amide bonds. The van der Waals surface area contributed by atoms with Crippen molar-refractivity contribution in [2.75, 3.05) is 0 Å². The second-order valence-corrected chi connectivity index (χ2v) is 4.60. The highest BCUT2D eigenvalue weighted by atomic mass is 16.5. The average molecular weight is 256 g/mol. The number of hydrogen-bond donors (Lipinski definition) is 0. The first kappa shape index (κ1) is 13.3. The third kappa shape index (κ3) is 2.36. The van der Waals surface area contributed by atoms with E-state index < -0.39 is 0 Å². The highest BCUT2D eigenvalue weighted by Crippen LogP contribution is 2.39. The van der Waals surface area contributed by atoms with Crippen LogP contribution in [0.4, 0.5) is 0 Å². The molecule has 3 nitrogen and oxygen atoms in total. The molecule has 1 aliphatic heterocycles. The van der Waals surface area contributed by atoms with E-state index in [2.05, 4.69) is 0 Å². The largest absolute Gasteiger partial charge is 0.466 e. The summed E-state index contributed by atoms with van der Waals surface area (Å²) in [7, 11) is 0. The van der Waals surface area contributed by atoms with Crippen molar-refractivity contribution >= 4 is 12.1 Å². The average Bonchev–Trinajstić information content (AvgIpc) is 2.38. The van der Waals surface area contributed by atoms with Gasteiger partial charge in [-0.3, -0.25) is 9.59 Å². The topological polar surface area (TPSA) is 43.4 Å². The fourth-order valence-electron chi connectivity index (χ4n) is 2.50. The normalized spacial score (nSPS) is 19.2. The van der Waals surface area contributed by atoms with Gasteiger partial charge in [0.2, 0.25) is 0 Å². The Morgan fingerprint density at radius 2 is 1.79 bits per heavy atom. The number of carbonyl (C=O) groups is 2. The van der Waals surface area contributed by atoms with E-state index in [0.717, 1.165) is 11.8 Å². The highest BCUT2D eigenvalue weighted by Gasteiger charge is 2.32. The molecule has 0 saturated carbocycles. The molecule has 0 aliphatic carbocycles. The predicted molar refractivity (Wildman–Crippen MR) is 72.4 cm³/mol. The van der Waals surface area contributed by atoms with Crippen molar-refractivity contribution in [3.8, 4) is 0 Å². The molecule has 1 aromatic rings. The molecular weight excluding hydrogens is 240 g/mol. The Labute approximate surface area is 112 Å². The molecule has 0 saturated heterocycles. The standard InChI is InChI=1S/C16H16O3/c1-10(18)15-12(3)19-11(2)14(9-17)16(15)13-7-5-4-6-8-13/h4-9,16H,1-3H3. The highest BCUT2D eigenvalue weighted by molar-refractivity contribution is 5.98. The molecule has 2 rings (SSSR count). The monoisotopic (exact) mass is 256 g/mol. The fourth-order valence-corrected chi connectivity index (χ4v) is 2.50. The molecule has 1 atom stereocenters. The number of Topliss-reactive ketones (excluding diaryl/α,β-unsaturated/α-hetero) is 1. The Hall–Kier alpha value is -2.16. The van der Waals surface area contributed by atoms with Gasteiger partial charge in [-0.2, -0.15) is 0 Å². The van der Waals surface area contributed by atoms with Crippen LogP contribution in [0.25, 0.3) is 0 Å². The van der Waals surface area contributed by atoms with Gasteiger partial charge in [0, 0.05) is 17.1 Å². The molecule has 0 spiro atoms. The van der Waals surface area contributed by atoms with Crippen LogP contribution in [0.15, 0.2) is 53.0 Å². The van der Waals surface area contributed by atoms with Gasteiger partial charge in [-0.1, -0.05) is 30.3 Å². The van der Waals surface area contributed by atoms with Gasteiger partial charge < -0.3 is 4.74 Å². The van der Waals surface area contributed by atoms with E-state index in [0.29, 0.717) is 22.7 Å². The number of rotatable bonds is 3. The van der Waals surface area contributed by atoms with Crippen LogP contribution in [0.1, 0.15) is 32.3 Å². The predicted octanol–water partition coefficient (Wildman–Crippen LogP) is 3.14. The lowest BCUT2D eigenvalue weighted by Gasteiger charge is -2.28.